The quantitative estimate of drug-likeness (QED) is 0.556. The number of esters is 2. The molecule has 2 heterocycles. The molecule has 0 fully saturated rings. The highest BCUT2D eigenvalue weighted by molar-refractivity contribution is 9.11. The fourth-order valence-corrected chi connectivity index (χ4v) is 2.66. The predicted molar refractivity (Wildman–Crippen MR) is 80.9 cm³/mol. The van der Waals surface area contributed by atoms with Crippen molar-refractivity contribution in [3.8, 4) is 10.8 Å². The molecular formula is C13H11BrN2O5S. The van der Waals surface area contributed by atoms with Gasteiger partial charge >= 0.3 is 11.9 Å². The van der Waals surface area contributed by atoms with Crippen LogP contribution in [0.4, 0.5) is 0 Å². The Hall–Kier alpha value is -2.00. The van der Waals surface area contributed by atoms with Crippen molar-refractivity contribution >= 4 is 39.2 Å². The van der Waals surface area contributed by atoms with Gasteiger partial charge in [0.25, 0.3) is 11.8 Å². The Bertz CT molecular complexity index is 694. The Balaban J connectivity index is 1.86. The summed E-state index contributed by atoms with van der Waals surface area (Å²) in [4.78, 5) is 23.2. The minimum absolute atomic E-state index is 0.164. The number of rotatable bonds is 6. The van der Waals surface area contributed by atoms with E-state index in [4.69, 9.17) is 9.15 Å². The molecule has 22 heavy (non-hydrogen) atoms. The smallest absolute Gasteiger partial charge is 0.331 e. The summed E-state index contributed by atoms with van der Waals surface area (Å²) < 4.78 is 15.8. The van der Waals surface area contributed by atoms with Crippen LogP contribution in [0, 0.1) is 0 Å². The van der Waals surface area contributed by atoms with Crippen molar-refractivity contribution in [2.75, 3.05) is 6.61 Å². The van der Waals surface area contributed by atoms with Gasteiger partial charge in [-0.25, -0.2) is 9.59 Å². The van der Waals surface area contributed by atoms with E-state index in [0.717, 1.165) is 20.8 Å². The molecule has 0 atom stereocenters. The third kappa shape index (κ3) is 4.78. The molecule has 2 aromatic heterocycles. The van der Waals surface area contributed by atoms with Crippen molar-refractivity contribution < 1.29 is 23.5 Å². The van der Waals surface area contributed by atoms with Crippen molar-refractivity contribution in [3.05, 3.63) is 34.0 Å². The minimum atomic E-state index is -0.702. The number of aromatic nitrogens is 2. The van der Waals surface area contributed by atoms with E-state index in [-0.39, 0.29) is 19.1 Å². The molecule has 0 spiro atoms. The Morgan fingerprint density at radius 3 is 2.64 bits per heavy atom. The van der Waals surface area contributed by atoms with E-state index >= 15 is 0 Å². The Kier molecular flexibility index (Phi) is 5.84. The topological polar surface area (TPSA) is 91.5 Å². The molecule has 2 aromatic rings. The number of hydrogen-bond acceptors (Lipinski definition) is 8. The summed E-state index contributed by atoms with van der Waals surface area (Å²) in [5, 5.41) is 7.65. The largest absolute Gasteiger partial charge is 0.463 e. The van der Waals surface area contributed by atoms with Crippen LogP contribution in [0.1, 0.15) is 12.8 Å². The first kappa shape index (κ1) is 16.4. The highest BCUT2D eigenvalue weighted by Gasteiger charge is 2.12. The highest BCUT2D eigenvalue weighted by Crippen LogP contribution is 2.30. The second-order valence-electron chi connectivity index (χ2n) is 3.80. The number of halogens is 1. The standard InChI is InChI=1S/C13H11BrN2O5S/c1-2-19-11(17)5-6-12(18)20-7-10-15-16-13(21-10)8-3-4-9(14)22-8/h3-6H,2,7H2,1H3/b6-5+. The maximum atomic E-state index is 11.4. The second-order valence-corrected chi connectivity index (χ2v) is 6.26. The van der Waals surface area contributed by atoms with Gasteiger partial charge in [0, 0.05) is 12.2 Å². The van der Waals surface area contributed by atoms with Crippen LogP contribution in [0.15, 0.2) is 32.5 Å². The van der Waals surface area contributed by atoms with Crippen LogP contribution in [-0.4, -0.2) is 28.7 Å². The molecule has 0 saturated carbocycles. The zero-order valence-electron chi connectivity index (χ0n) is 11.4. The van der Waals surface area contributed by atoms with Crippen LogP contribution >= 0.6 is 27.3 Å². The van der Waals surface area contributed by atoms with E-state index in [2.05, 4.69) is 30.9 Å². The van der Waals surface area contributed by atoms with Crippen molar-refractivity contribution in [3.63, 3.8) is 0 Å². The van der Waals surface area contributed by atoms with Gasteiger partial charge in [-0.05, 0) is 35.0 Å². The van der Waals surface area contributed by atoms with Crippen molar-refractivity contribution in [2.24, 2.45) is 0 Å². The van der Waals surface area contributed by atoms with Gasteiger partial charge in [-0.15, -0.1) is 21.5 Å². The van der Waals surface area contributed by atoms with E-state index in [1.807, 2.05) is 12.1 Å². The average Bonchev–Trinajstić information content (AvgIpc) is 3.12. The maximum absolute atomic E-state index is 11.4. The molecule has 116 valence electrons. The van der Waals surface area contributed by atoms with Crippen molar-refractivity contribution in [2.45, 2.75) is 13.5 Å². The maximum Gasteiger partial charge on any atom is 0.331 e. The summed E-state index contributed by atoms with van der Waals surface area (Å²) in [5.74, 6) is -0.796. The summed E-state index contributed by atoms with van der Waals surface area (Å²) >= 11 is 4.78. The molecule has 0 saturated heterocycles. The van der Waals surface area contributed by atoms with Gasteiger partial charge in [-0.3, -0.25) is 0 Å². The molecule has 0 amide bonds. The first-order chi connectivity index (χ1) is 10.6. The van der Waals surface area contributed by atoms with Crippen molar-refractivity contribution in [1.82, 2.24) is 10.2 Å². The molecule has 0 aliphatic heterocycles. The molecular weight excluding hydrogens is 376 g/mol. The van der Waals surface area contributed by atoms with Gasteiger partial charge in [-0.2, -0.15) is 0 Å². The lowest BCUT2D eigenvalue weighted by Crippen LogP contribution is -2.04. The fraction of sp³-hybridized carbons (Fsp3) is 0.231. The van der Waals surface area contributed by atoms with Gasteiger partial charge < -0.3 is 13.9 Å². The third-order valence-corrected chi connectivity index (χ3v) is 3.84. The number of ether oxygens (including phenoxy) is 2. The predicted octanol–water partition coefficient (Wildman–Crippen LogP) is 2.72. The summed E-state index contributed by atoms with van der Waals surface area (Å²) in [7, 11) is 0. The first-order valence-electron chi connectivity index (χ1n) is 6.18. The number of thiophene rings is 1. The molecule has 2 rings (SSSR count). The summed E-state index contributed by atoms with van der Waals surface area (Å²) in [6, 6.07) is 3.70. The highest BCUT2D eigenvalue weighted by atomic mass is 79.9. The summed E-state index contributed by atoms with van der Waals surface area (Å²) in [6.07, 6.45) is 1.97. The van der Waals surface area contributed by atoms with Gasteiger partial charge in [0.05, 0.1) is 15.3 Å². The lowest BCUT2D eigenvalue weighted by atomic mass is 10.5. The zero-order valence-corrected chi connectivity index (χ0v) is 13.8. The van der Waals surface area contributed by atoms with E-state index in [1.54, 1.807) is 6.92 Å². The Morgan fingerprint density at radius 2 is 2.00 bits per heavy atom. The normalized spacial score (nSPS) is 10.8. The number of hydrogen-bond donors (Lipinski definition) is 0. The molecule has 7 nitrogen and oxygen atoms in total. The fourth-order valence-electron chi connectivity index (χ4n) is 1.35. The molecule has 0 bridgehead atoms. The van der Waals surface area contributed by atoms with Crippen LogP contribution in [-0.2, 0) is 25.7 Å². The minimum Gasteiger partial charge on any atom is -0.463 e. The van der Waals surface area contributed by atoms with Gasteiger partial charge in [-0.1, -0.05) is 0 Å². The third-order valence-electron chi connectivity index (χ3n) is 2.23. The molecule has 0 aromatic carbocycles. The van der Waals surface area contributed by atoms with E-state index in [9.17, 15) is 9.59 Å². The summed E-state index contributed by atoms with van der Waals surface area (Å²) in [6.45, 7) is 1.73. The first-order valence-corrected chi connectivity index (χ1v) is 7.79. The SMILES string of the molecule is CCOC(=O)/C=C/C(=O)OCc1nnc(-c2ccc(Br)s2)o1. The monoisotopic (exact) mass is 386 g/mol. The molecule has 9 heteroatoms. The lowest BCUT2D eigenvalue weighted by Gasteiger charge is -1.97. The summed E-state index contributed by atoms with van der Waals surface area (Å²) in [5.41, 5.74) is 0. The molecule has 0 aliphatic carbocycles. The van der Waals surface area contributed by atoms with Crippen LogP contribution in [0.2, 0.25) is 0 Å². The Labute approximate surface area is 138 Å². The van der Waals surface area contributed by atoms with Crippen LogP contribution < -0.4 is 0 Å². The van der Waals surface area contributed by atoms with E-state index in [1.165, 1.54) is 11.3 Å². The molecule has 0 aliphatic rings. The lowest BCUT2D eigenvalue weighted by molar-refractivity contribution is -0.141. The van der Waals surface area contributed by atoms with Crippen LogP contribution in [0.25, 0.3) is 10.8 Å². The van der Waals surface area contributed by atoms with Crippen molar-refractivity contribution in [1.29, 1.82) is 0 Å². The van der Waals surface area contributed by atoms with Gasteiger partial charge in [0.1, 0.15) is 0 Å². The Morgan fingerprint density at radius 1 is 1.27 bits per heavy atom. The molecule has 0 unspecified atom stereocenters. The number of carbonyl (C=O) groups excluding carboxylic acids is 2. The number of carbonyl (C=O) groups is 2. The zero-order chi connectivity index (χ0) is 15.9. The number of nitrogens with zero attached hydrogens (tertiary/aromatic N) is 2. The van der Waals surface area contributed by atoms with E-state index < -0.39 is 11.9 Å². The van der Waals surface area contributed by atoms with Crippen LogP contribution in [0.3, 0.4) is 0 Å². The second kappa shape index (κ2) is 7.85. The molecule has 0 N–H and O–H groups in total. The average molecular weight is 387 g/mol. The van der Waals surface area contributed by atoms with Gasteiger partial charge in [0.2, 0.25) is 0 Å². The molecule has 0 radical (unpaired) electrons. The van der Waals surface area contributed by atoms with E-state index in [0.29, 0.717) is 5.89 Å². The van der Waals surface area contributed by atoms with Gasteiger partial charge in [0.15, 0.2) is 6.61 Å². The van der Waals surface area contributed by atoms with Crippen LogP contribution in [0.5, 0.6) is 0 Å².